The summed E-state index contributed by atoms with van der Waals surface area (Å²) in [6.45, 7) is 0. The molecule has 0 radical (unpaired) electrons. The SMILES string of the molecule is NC(=O)CCC(NC(=O)C(CS)NC(=O)C(N)CC(=O)O)C(=O)NC(CC(N)=O)C(=O)O. The maximum absolute atomic E-state index is 12.5. The van der Waals surface area contributed by atoms with Crippen LogP contribution in [0.3, 0.4) is 0 Å². The van der Waals surface area contributed by atoms with Gasteiger partial charge in [-0.3, -0.25) is 28.8 Å². The number of nitrogens with two attached hydrogens (primary N) is 3. The van der Waals surface area contributed by atoms with Crippen LogP contribution < -0.4 is 33.2 Å². The summed E-state index contributed by atoms with van der Waals surface area (Å²) in [6, 6.07) is -5.98. The zero-order chi connectivity index (χ0) is 25.0. The van der Waals surface area contributed by atoms with Crippen LogP contribution in [0.5, 0.6) is 0 Å². The molecule has 0 aliphatic heterocycles. The lowest BCUT2D eigenvalue weighted by Crippen LogP contribution is -2.58. The lowest BCUT2D eigenvalue weighted by molar-refractivity contribution is -0.144. The second-order valence-electron chi connectivity index (χ2n) is 6.58. The molecule has 15 nitrogen and oxygen atoms in total. The zero-order valence-corrected chi connectivity index (χ0v) is 17.7. The van der Waals surface area contributed by atoms with Crippen molar-refractivity contribution in [3.63, 3.8) is 0 Å². The van der Waals surface area contributed by atoms with Crippen LogP contribution in [0.1, 0.15) is 25.7 Å². The minimum absolute atomic E-state index is 0.277. The molecule has 0 aliphatic rings. The van der Waals surface area contributed by atoms with Crippen molar-refractivity contribution < 1.29 is 43.8 Å². The van der Waals surface area contributed by atoms with Gasteiger partial charge in [-0.1, -0.05) is 0 Å². The monoisotopic (exact) mass is 478 g/mol. The van der Waals surface area contributed by atoms with E-state index in [2.05, 4.69) is 23.3 Å². The predicted octanol–water partition coefficient (Wildman–Crippen LogP) is -4.60. The van der Waals surface area contributed by atoms with Gasteiger partial charge in [-0.2, -0.15) is 12.6 Å². The van der Waals surface area contributed by atoms with Crippen LogP contribution in [0.15, 0.2) is 0 Å². The van der Waals surface area contributed by atoms with Crippen molar-refractivity contribution in [2.75, 3.05) is 5.75 Å². The van der Waals surface area contributed by atoms with Gasteiger partial charge in [-0.15, -0.1) is 0 Å². The second-order valence-corrected chi connectivity index (χ2v) is 6.95. The van der Waals surface area contributed by atoms with Gasteiger partial charge >= 0.3 is 11.9 Å². The molecule has 0 spiro atoms. The zero-order valence-electron chi connectivity index (χ0n) is 16.8. The van der Waals surface area contributed by atoms with Gasteiger partial charge in [0.1, 0.15) is 18.1 Å². The molecular formula is C16H26N6O9S. The van der Waals surface area contributed by atoms with Crippen molar-refractivity contribution in [2.24, 2.45) is 17.2 Å². The average molecular weight is 478 g/mol. The lowest BCUT2D eigenvalue weighted by Gasteiger charge is -2.24. The van der Waals surface area contributed by atoms with Gasteiger partial charge in [-0.25, -0.2) is 4.79 Å². The topological polar surface area (TPSA) is 274 Å². The maximum atomic E-state index is 12.5. The number of primary amides is 2. The van der Waals surface area contributed by atoms with E-state index in [0.29, 0.717) is 0 Å². The van der Waals surface area contributed by atoms with Gasteiger partial charge in [0.05, 0.1) is 18.9 Å². The molecule has 0 heterocycles. The van der Waals surface area contributed by atoms with Crippen LogP contribution in [-0.4, -0.2) is 81.6 Å². The van der Waals surface area contributed by atoms with E-state index < -0.39 is 78.5 Å². The minimum Gasteiger partial charge on any atom is -0.481 e. The number of carbonyl (C=O) groups excluding carboxylic acids is 5. The van der Waals surface area contributed by atoms with E-state index in [1.807, 2.05) is 5.32 Å². The summed E-state index contributed by atoms with van der Waals surface area (Å²) < 4.78 is 0. The van der Waals surface area contributed by atoms with Crippen LogP contribution in [0.25, 0.3) is 0 Å². The fourth-order valence-corrected chi connectivity index (χ4v) is 2.51. The Morgan fingerprint density at radius 3 is 1.69 bits per heavy atom. The van der Waals surface area contributed by atoms with Crippen LogP contribution >= 0.6 is 12.6 Å². The van der Waals surface area contributed by atoms with Crippen LogP contribution in [0.2, 0.25) is 0 Å². The summed E-state index contributed by atoms with van der Waals surface area (Å²) in [5.41, 5.74) is 15.4. The normalized spacial score (nSPS) is 14.2. The van der Waals surface area contributed by atoms with E-state index in [1.54, 1.807) is 0 Å². The molecule has 0 rings (SSSR count). The number of hydrogen-bond donors (Lipinski definition) is 9. The Balaban J connectivity index is 5.37. The molecule has 0 bridgehead atoms. The van der Waals surface area contributed by atoms with E-state index in [9.17, 15) is 33.6 Å². The highest BCUT2D eigenvalue weighted by Crippen LogP contribution is 2.03. The van der Waals surface area contributed by atoms with E-state index in [1.165, 1.54) is 0 Å². The molecule has 4 atom stereocenters. The second kappa shape index (κ2) is 13.8. The van der Waals surface area contributed by atoms with E-state index in [4.69, 9.17) is 27.4 Å². The minimum atomic E-state index is -1.69. The largest absolute Gasteiger partial charge is 0.481 e. The highest BCUT2D eigenvalue weighted by atomic mass is 32.1. The Morgan fingerprint density at radius 2 is 1.25 bits per heavy atom. The number of nitrogens with one attached hydrogen (secondary N) is 3. The van der Waals surface area contributed by atoms with Crippen molar-refractivity contribution >= 4 is 54.1 Å². The Bertz CT molecular complexity index is 762. The first-order chi connectivity index (χ1) is 14.8. The Morgan fingerprint density at radius 1 is 0.750 bits per heavy atom. The fraction of sp³-hybridized carbons (Fsp3) is 0.562. The quantitative estimate of drug-likeness (QED) is 0.102. The summed E-state index contributed by atoms with van der Waals surface area (Å²) >= 11 is 3.91. The number of amides is 5. The first-order valence-corrected chi connectivity index (χ1v) is 9.70. The smallest absolute Gasteiger partial charge is 0.326 e. The average Bonchev–Trinajstić information content (AvgIpc) is 2.66. The van der Waals surface area contributed by atoms with Crippen LogP contribution in [0.4, 0.5) is 0 Å². The molecule has 0 aliphatic carbocycles. The molecule has 180 valence electrons. The summed E-state index contributed by atoms with van der Waals surface area (Å²) in [7, 11) is 0. The first-order valence-electron chi connectivity index (χ1n) is 9.07. The Labute approximate surface area is 187 Å². The predicted molar refractivity (Wildman–Crippen MR) is 110 cm³/mol. The number of carboxylic acid groups (broad SMARTS) is 2. The first kappa shape index (κ1) is 28.6. The third-order valence-corrected chi connectivity index (χ3v) is 4.24. The molecule has 5 amide bonds. The summed E-state index contributed by atoms with van der Waals surface area (Å²) in [5, 5.41) is 24.2. The van der Waals surface area contributed by atoms with Gasteiger partial charge in [0.25, 0.3) is 0 Å². The maximum Gasteiger partial charge on any atom is 0.326 e. The van der Waals surface area contributed by atoms with Crippen molar-refractivity contribution in [3.8, 4) is 0 Å². The third kappa shape index (κ3) is 11.1. The number of hydrogen-bond acceptors (Lipinski definition) is 9. The van der Waals surface area contributed by atoms with E-state index in [0.717, 1.165) is 0 Å². The number of carbonyl (C=O) groups is 7. The Kier molecular flexibility index (Phi) is 12.3. The molecule has 0 saturated carbocycles. The molecule has 16 heteroatoms. The standard InChI is InChI=1S/C16H26N6O9S/c17-6(3-12(25)26)13(27)22-9(5-32)15(29)20-7(1-2-10(18)23)14(28)21-8(16(30)31)4-11(19)24/h6-9,32H,1-5,17H2,(H2,18,23)(H2,19,24)(H,20,29)(H,21,28)(H,22,27)(H,25,26)(H,30,31). The van der Waals surface area contributed by atoms with Crippen LogP contribution in [0, 0.1) is 0 Å². The van der Waals surface area contributed by atoms with Crippen molar-refractivity contribution in [3.05, 3.63) is 0 Å². The van der Waals surface area contributed by atoms with E-state index >= 15 is 0 Å². The van der Waals surface area contributed by atoms with Gasteiger partial charge in [-0.05, 0) is 6.42 Å². The van der Waals surface area contributed by atoms with Crippen molar-refractivity contribution in [1.29, 1.82) is 0 Å². The van der Waals surface area contributed by atoms with Gasteiger partial charge in [0.15, 0.2) is 0 Å². The third-order valence-electron chi connectivity index (χ3n) is 3.88. The van der Waals surface area contributed by atoms with Gasteiger partial charge in [0.2, 0.25) is 29.5 Å². The summed E-state index contributed by atoms with van der Waals surface area (Å²) in [4.78, 5) is 80.8. The molecule has 0 saturated heterocycles. The molecule has 32 heavy (non-hydrogen) atoms. The molecule has 4 unspecified atom stereocenters. The highest BCUT2D eigenvalue weighted by Gasteiger charge is 2.30. The molecular weight excluding hydrogens is 452 g/mol. The lowest BCUT2D eigenvalue weighted by atomic mass is 10.1. The molecule has 11 N–H and O–H groups in total. The number of rotatable bonds is 15. The highest BCUT2D eigenvalue weighted by molar-refractivity contribution is 7.80. The van der Waals surface area contributed by atoms with Gasteiger partial charge < -0.3 is 43.4 Å². The van der Waals surface area contributed by atoms with Crippen LogP contribution in [-0.2, 0) is 33.6 Å². The van der Waals surface area contributed by atoms with Crippen molar-refractivity contribution in [1.82, 2.24) is 16.0 Å². The molecule has 0 aromatic heterocycles. The van der Waals surface area contributed by atoms with Crippen molar-refractivity contribution in [2.45, 2.75) is 49.9 Å². The number of aliphatic carboxylic acids is 2. The number of thiol groups is 1. The summed E-state index contributed by atoms with van der Waals surface area (Å²) in [5.74, 6) is -7.99. The molecule has 0 aromatic carbocycles. The fourth-order valence-electron chi connectivity index (χ4n) is 2.25. The molecule has 0 aromatic rings. The Hall–Kier alpha value is -3.40. The van der Waals surface area contributed by atoms with Gasteiger partial charge in [0, 0.05) is 12.2 Å². The summed E-state index contributed by atoms with van der Waals surface area (Å²) in [6.07, 6.45) is -2.13. The number of carboxylic acids is 2. The molecule has 0 fully saturated rings. The van der Waals surface area contributed by atoms with E-state index in [-0.39, 0.29) is 18.6 Å².